The van der Waals surface area contributed by atoms with E-state index in [2.05, 4.69) is 32.7 Å². The number of benzene rings is 2. The topological polar surface area (TPSA) is 66.7 Å². The van der Waals surface area contributed by atoms with E-state index in [9.17, 15) is 4.79 Å². The van der Waals surface area contributed by atoms with Gasteiger partial charge >= 0.3 is 0 Å². The number of allylic oxidation sites excluding steroid dienone is 3. The lowest BCUT2D eigenvalue weighted by atomic mass is 9.89. The van der Waals surface area contributed by atoms with E-state index in [1.165, 1.54) is 0 Å². The molecule has 1 amide bonds. The van der Waals surface area contributed by atoms with Crippen LogP contribution in [-0.4, -0.2) is 10.9 Å². The summed E-state index contributed by atoms with van der Waals surface area (Å²) in [5.41, 5.74) is 4.65. The maximum atomic E-state index is 12.0. The first-order valence-corrected chi connectivity index (χ1v) is 10.0. The van der Waals surface area contributed by atoms with Crippen LogP contribution in [0.3, 0.4) is 0 Å². The molecule has 29 heavy (non-hydrogen) atoms. The van der Waals surface area contributed by atoms with E-state index in [0.29, 0.717) is 0 Å². The zero-order valence-electron chi connectivity index (χ0n) is 15.3. The van der Waals surface area contributed by atoms with E-state index in [4.69, 9.17) is 0 Å². The van der Waals surface area contributed by atoms with Crippen LogP contribution in [0, 0.1) is 5.92 Å². The number of hydrogen-bond donors (Lipinski definition) is 1. The number of amides is 1. The second-order valence-corrected chi connectivity index (χ2v) is 7.69. The first-order chi connectivity index (χ1) is 14.3. The molecular weight excluding hydrogens is 380 g/mol. The minimum Gasteiger partial charge on any atom is -0.332 e. The predicted molar refractivity (Wildman–Crippen MR) is 116 cm³/mol. The number of nitrogens with zero attached hydrogens (tertiary/aromatic N) is 3. The minimum atomic E-state index is -0.336. The molecule has 0 saturated carbocycles. The third kappa shape index (κ3) is 3.46. The Morgan fingerprint density at radius 1 is 0.897 bits per heavy atom. The standard InChI is InChI=1S/C23H16N4OS/c28-22-19-9-5-4-8-18(19)21(26-27-22)16-10-12-17(13-11-16)25-23-24-14-20(29-23)15-6-2-1-3-7-15/h1-14,19H,(H,24,25). The van der Waals surface area contributed by atoms with Gasteiger partial charge in [0.05, 0.1) is 16.5 Å². The van der Waals surface area contributed by atoms with Gasteiger partial charge in [-0.1, -0.05) is 78.1 Å². The zero-order chi connectivity index (χ0) is 19.6. The lowest BCUT2D eigenvalue weighted by molar-refractivity contribution is -0.119. The molecule has 1 atom stereocenters. The molecule has 2 heterocycles. The summed E-state index contributed by atoms with van der Waals surface area (Å²) in [6.45, 7) is 0. The molecule has 2 aromatic carbocycles. The summed E-state index contributed by atoms with van der Waals surface area (Å²) in [7, 11) is 0. The van der Waals surface area contributed by atoms with E-state index in [0.717, 1.165) is 38.1 Å². The highest BCUT2D eigenvalue weighted by Gasteiger charge is 2.27. The molecule has 140 valence electrons. The lowest BCUT2D eigenvalue weighted by Crippen LogP contribution is -2.17. The first kappa shape index (κ1) is 17.5. The van der Waals surface area contributed by atoms with Crippen LogP contribution in [-0.2, 0) is 4.79 Å². The summed E-state index contributed by atoms with van der Waals surface area (Å²) < 4.78 is 0. The van der Waals surface area contributed by atoms with Gasteiger partial charge in [-0.15, -0.1) is 10.2 Å². The Morgan fingerprint density at radius 2 is 1.72 bits per heavy atom. The fraction of sp³-hybridized carbons (Fsp3) is 0.0435. The fourth-order valence-electron chi connectivity index (χ4n) is 3.33. The van der Waals surface area contributed by atoms with Crippen molar-refractivity contribution in [3.8, 4) is 10.4 Å². The van der Waals surface area contributed by atoms with Gasteiger partial charge < -0.3 is 5.32 Å². The second kappa shape index (κ2) is 7.41. The summed E-state index contributed by atoms with van der Waals surface area (Å²) in [6, 6.07) is 18.1. The summed E-state index contributed by atoms with van der Waals surface area (Å²) in [5.74, 6) is -0.558. The number of rotatable bonds is 4. The first-order valence-electron chi connectivity index (χ1n) is 9.21. The maximum Gasteiger partial charge on any atom is 0.276 e. The van der Waals surface area contributed by atoms with Crippen molar-refractivity contribution in [2.75, 3.05) is 5.32 Å². The number of carbonyl (C=O) groups is 1. The molecule has 5 rings (SSSR count). The molecule has 0 bridgehead atoms. The van der Waals surface area contributed by atoms with Crippen LogP contribution >= 0.6 is 11.3 Å². The molecular formula is C23H16N4OS. The average molecular weight is 396 g/mol. The Hall–Kier alpha value is -3.64. The Morgan fingerprint density at radius 3 is 2.55 bits per heavy atom. The number of thiazole rings is 1. The minimum absolute atomic E-state index is 0.222. The highest BCUT2D eigenvalue weighted by atomic mass is 32.1. The second-order valence-electron chi connectivity index (χ2n) is 6.66. The monoisotopic (exact) mass is 396 g/mol. The average Bonchev–Trinajstić information content (AvgIpc) is 3.24. The molecule has 0 fully saturated rings. The molecule has 1 aliphatic carbocycles. The van der Waals surface area contributed by atoms with Gasteiger partial charge in [0, 0.05) is 17.4 Å². The van der Waals surface area contributed by atoms with E-state index in [1.807, 2.05) is 73.0 Å². The van der Waals surface area contributed by atoms with Crippen LogP contribution in [0.5, 0.6) is 0 Å². The van der Waals surface area contributed by atoms with Crippen molar-refractivity contribution in [1.82, 2.24) is 4.98 Å². The molecule has 6 heteroatoms. The number of carbonyl (C=O) groups excluding carboxylic acids is 1. The molecule has 2 aliphatic rings. The molecule has 0 saturated heterocycles. The zero-order valence-corrected chi connectivity index (χ0v) is 16.1. The summed E-state index contributed by atoms with van der Waals surface area (Å²) in [6.07, 6.45) is 9.46. The van der Waals surface area contributed by atoms with Gasteiger partial charge in [-0.05, 0) is 23.3 Å². The summed E-state index contributed by atoms with van der Waals surface area (Å²) in [4.78, 5) is 17.6. The SMILES string of the molecule is O=C1N=NC(c2ccc(Nc3ncc(-c4ccccc4)s3)cc2)=C2C=CC=CC12. The van der Waals surface area contributed by atoms with E-state index >= 15 is 0 Å². The number of aromatic nitrogens is 1. The van der Waals surface area contributed by atoms with Gasteiger partial charge in [-0.25, -0.2) is 4.98 Å². The normalized spacial score (nSPS) is 17.5. The van der Waals surface area contributed by atoms with Crippen molar-refractivity contribution in [1.29, 1.82) is 0 Å². The van der Waals surface area contributed by atoms with Crippen LogP contribution in [0.1, 0.15) is 5.56 Å². The van der Waals surface area contributed by atoms with Crippen LogP contribution in [0.4, 0.5) is 10.8 Å². The summed E-state index contributed by atoms with van der Waals surface area (Å²) in [5, 5.41) is 12.1. The van der Waals surface area contributed by atoms with Crippen molar-refractivity contribution in [2.24, 2.45) is 16.1 Å². The molecule has 0 radical (unpaired) electrons. The number of nitrogens with one attached hydrogen (secondary N) is 1. The molecule has 1 N–H and O–H groups in total. The van der Waals surface area contributed by atoms with Crippen LogP contribution in [0.15, 0.2) is 101 Å². The van der Waals surface area contributed by atoms with Crippen LogP contribution in [0.2, 0.25) is 0 Å². The van der Waals surface area contributed by atoms with Gasteiger partial charge in [0.25, 0.3) is 5.91 Å². The Kier molecular flexibility index (Phi) is 4.46. The van der Waals surface area contributed by atoms with Crippen LogP contribution < -0.4 is 5.32 Å². The molecule has 3 aromatic rings. The van der Waals surface area contributed by atoms with Crippen molar-refractivity contribution in [3.63, 3.8) is 0 Å². The van der Waals surface area contributed by atoms with E-state index in [-0.39, 0.29) is 11.8 Å². The highest BCUT2D eigenvalue weighted by Crippen LogP contribution is 2.35. The Balaban J connectivity index is 1.37. The highest BCUT2D eigenvalue weighted by molar-refractivity contribution is 7.18. The molecule has 1 unspecified atom stereocenters. The lowest BCUT2D eigenvalue weighted by Gasteiger charge is -2.19. The number of azo groups is 1. The third-order valence-corrected chi connectivity index (χ3v) is 5.75. The quantitative estimate of drug-likeness (QED) is 0.588. The van der Waals surface area contributed by atoms with E-state index in [1.54, 1.807) is 11.3 Å². The van der Waals surface area contributed by atoms with Crippen LogP contribution in [0.25, 0.3) is 16.1 Å². The van der Waals surface area contributed by atoms with Crippen molar-refractivity contribution >= 4 is 33.8 Å². The smallest absolute Gasteiger partial charge is 0.276 e. The van der Waals surface area contributed by atoms with Gasteiger partial charge in [-0.3, -0.25) is 4.79 Å². The Bertz CT molecular complexity index is 1190. The largest absolute Gasteiger partial charge is 0.332 e. The van der Waals surface area contributed by atoms with Crippen molar-refractivity contribution in [2.45, 2.75) is 0 Å². The van der Waals surface area contributed by atoms with Gasteiger partial charge in [0.1, 0.15) is 0 Å². The van der Waals surface area contributed by atoms with E-state index < -0.39 is 0 Å². The van der Waals surface area contributed by atoms with Gasteiger partial charge in [0.15, 0.2) is 5.13 Å². The van der Waals surface area contributed by atoms with Crippen molar-refractivity contribution in [3.05, 3.63) is 96.2 Å². The molecule has 1 aromatic heterocycles. The number of fused-ring (bicyclic) bond motifs is 1. The fourth-order valence-corrected chi connectivity index (χ4v) is 4.17. The molecule has 0 spiro atoms. The Labute approximate surface area is 171 Å². The maximum absolute atomic E-state index is 12.0. The van der Waals surface area contributed by atoms with Gasteiger partial charge in [-0.2, -0.15) is 0 Å². The molecule has 1 aliphatic heterocycles. The summed E-state index contributed by atoms with van der Waals surface area (Å²) >= 11 is 1.61. The predicted octanol–water partition coefficient (Wildman–Crippen LogP) is 6.00. The number of anilines is 2. The third-order valence-electron chi connectivity index (χ3n) is 4.79. The molecule has 5 nitrogen and oxygen atoms in total. The number of hydrogen-bond acceptors (Lipinski definition) is 5. The van der Waals surface area contributed by atoms with Crippen molar-refractivity contribution < 1.29 is 4.79 Å². The van der Waals surface area contributed by atoms with Gasteiger partial charge in [0.2, 0.25) is 0 Å².